The van der Waals surface area contributed by atoms with Crippen molar-refractivity contribution in [2.24, 2.45) is 5.73 Å². The number of amides is 1. The van der Waals surface area contributed by atoms with E-state index in [2.05, 4.69) is 44.3 Å². The summed E-state index contributed by atoms with van der Waals surface area (Å²) >= 11 is 0. The molecule has 0 aliphatic rings. The van der Waals surface area contributed by atoms with E-state index in [1.165, 1.54) is 11.1 Å². The Kier molecular flexibility index (Phi) is 8.51. The summed E-state index contributed by atoms with van der Waals surface area (Å²) in [5.41, 5.74) is 8.00. The summed E-state index contributed by atoms with van der Waals surface area (Å²) in [6, 6.07) is 8.29. The van der Waals surface area contributed by atoms with Crippen LogP contribution in [0.3, 0.4) is 0 Å². The maximum absolute atomic E-state index is 12.0. The number of carbonyl (C=O) groups is 1. The van der Waals surface area contributed by atoms with Crippen molar-refractivity contribution in [3.8, 4) is 0 Å². The van der Waals surface area contributed by atoms with E-state index in [1.54, 1.807) is 0 Å². The Labute approximate surface area is 128 Å². The number of hydrogen-bond acceptors (Lipinski definition) is 2. The maximum Gasteiger partial charge on any atom is 0.220 e. The van der Waals surface area contributed by atoms with Gasteiger partial charge in [-0.3, -0.25) is 4.79 Å². The molecule has 1 aromatic rings. The van der Waals surface area contributed by atoms with Crippen molar-refractivity contribution in [1.29, 1.82) is 0 Å². The van der Waals surface area contributed by atoms with Gasteiger partial charge in [-0.1, -0.05) is 43.7 Å². The normalized spacial score (nSPS) is 10.8. The van der Waals surface area contributed by atoms with Crippen LogP contribution in [0.4, 0.5) is 0 Å². The Morgan fingerprint density at radius 2 is 1.95 bits per heavy atom. The number of carbonyl (C=O) groups excluding carboxylic acids is 1. The van der Waals surface area contributed by atoms with Gasteiger partial charge in [-0.05, 0) is 31.7 Å². The fourth-order valence-electron chi connectivity index (χ4n) is 2.25. The topological polar surface area (TPSA) is 55.1 Å². The van der Waals surface area contributed by atoms with E-state index in [0.29, 0.717) is 13.0 Å². The SMILES string of the molecule is CCC(CC)(CN)NC(=O)CCc1cccc(C)c1.Cl. The zero-order chi connectivity index (χ0) is 14.3. The molecule has 0 atom stereocenters. The summed E-state index contributed by atoms with van der Waals surface area (Å²) in [5.74, 6) is 0.0932. The van der Waals surface area contributed by atoms with Crippen molar-refractivity contribution in [1.82, 2.24) is 5.32 Å². The third-order valence-electron chi connectivity index (χ3n) is 3.87. The first-order valence-corrected chi connectivity index (χ1v) is 7.12. The van der Waals surface area contributed by atoms with E-state index in [1.807, 2.05) is 6.07 Å². The van der Waals surface area contributed by atoms with Crippen molar-refractivity contribution in [2.45, 2.75) is 52.0 Å². The minimum atomic E-state index is -0.232. The number of hydrogen-bond donors (Lipinski definition) is 2. The Balaban J connectivity index is 0.00000361. The molecule has 114 valence electrons. The van der Waals surface area contributed by atoms with Crippen LogP contribution in [0.25, 0.3) is 0 Å². The predicted octanol–water partition coefficient (Wildman–Crippen LogP) is 2.98. The lowest BCUT2D eigenvalue weighted by atomic mass is 9.92. The fourth-order valence-corrected chi connectivity index (χ4v) is 2.25. The summed E-state index contributed by atoms with van der Waals surface area (Å²) in [6.07, 6.45) is 3.04. The molecule has 0 radical (unpaired) electrons. The Bertz CT molecular complexity index is 408. The minimum absolute atomic E-state index is 0. The van der Waals surface area contributed by atoms with Crippen LogP contribution in [0.15, 0.2) is 24.3 Å². The summed E-state index contributed by atoms with van der Waals surface area (Å²) in [7, 11) is 0. The van der Waals surface area contributed by atoms with Crippen LogP contribution in [-0.2, 0) is 11.2 Å². The molecule has 20 heavy (non-hydrogen) atoms. The molecule has 0 unspecified atom stereocenters. The maximum atomic E-state index is 12.0. The molecule has 1 aromatic carbocycles. The molecule has 0 fully saturated rings. The number of aryl methyl sites for hydroxylation is 2. The highest BCUT2D eigenvalue weighted by Crippen LogP contribution is 2.14. The number of benzene rings is 1. The van der Waals surface area contributed by atoms with Gasteiger partial charge in [0, 0.05) is 13.0 Å². The van der Waals surface area contributed by atoms with E-state index in [0.717, 1.165) is 19.3 Å². The van der Waals surface area contributed by atoms with Crippen LogP contribution in [0.2, 0.25) is 0 Å². The van der Waals surface area contributed by atoms with Crippen molar-refractivity contribution < 1.29 is 4.79 Å². The van der Waals surface area contributed by atoms with E-state index in [-0.39, 0.29) is 23.9 Å². The first kappa shape index (κ1) is 18.9. The average Bonchev–Trinajstić information content (AvgIpc) is 2.43. The zero-order valence-electron chi connectivity index (χ0n) is 12.7. The second kappa shape index (κ2) is 8.98. The van der Waals surface area contributed by atoms with E-state index >= 15 is 0 Å². The molecule has 3 N–H and O–H groups in total. The summed E-state index contributed by atoms with van der Waals surface area (Å²) < 4.78 is 0. The van der Waals surface area contributed by atoms with E-state index < -0.39 is 0 Å². The van der Waals surface area contributed by atoms with Crippen LogP contribution < -0.4 is 11.1 Å². The smallest absolute Gasteiger partial charge is 0.220 e. The monoisotopic (exact) mass is 298 g/mol. The van der Waals surface area contributed by atoms with E-state index in [9.17, 15) is 4.79 Å². The van der Waals surface area contributed by atoms with Crippen molar-refractivity contribution >= 4 is 18.3 Å². The molecule has 0 heterocycles. The van der Waals surface area contributed by atoms with Gasteiger partial charge in [0.25, 0.3) is 0 Å². The van der Waals surface area contributed by atoms with Gasteiger partial charge in [-0.2, -0.15) is 0 Å². The Hall–Kier alpha value is -1.06. The standard InChI is InChI=1S/C16H26N2O.ClH/c1-4-16(5-2,12-17)18-15(19)10-9-14-8-6-7-13(3)11-14;/h6-8,11H,4-5,9-10,12,17H2,1-3H3,(H,18,19);1H. The molecule has 0 aromatic heterocycles. The molecule has 0 spiro atoms. The number of rotatable bonds is 7. The molecule has 3 nitrogen and oxygen atoms in total. The number of halogens is 1. The van der Waals surface area contributed by atoms with Crippen molar-refractivity contribution in [3.05, 3.63) is 35.4 Å². The highest BCUT2D eigenvalue weighted by atomic mass is 35.5. The van der Waals surface area contributed by atoms with Crippen LogP contribution in [0.5, 0.6) is 0 Å². The predicted molar refractivity (Wildman–Crippen MR) is 87.3 cm³/mol. The van der Waals surface area contributed by atoms with Crippen molar-refractivity contribution in [2.75, 3.05) is 6.54 Å². The first-order chi connectivity index (χ1) is 9.05. The third kappa shape index (κ3) is 5.51. The Morgan fingerprint density at radius 3 is 2.45 bits per heavy atom. The van der Waals surface area contributed by atoms with Gasteiger partial charge < -0.3 is 11.1 Å². The highest BCUT2D eigenvalue weighted by Gasteiger charge is 2.25. The largest absolute Gasteiger partial charge is 0.349 e. The van der Waals surface area contributed by atoms with Crippen LogP contribution in [-0.4, -0.2) is 18.0 Å². The molecule has 4 heteroatoms. The first-order valence-electron chi connectivity index (χ1n) is 7.12. The summed E-state index contributed by atoms with van der Waals surface area (Å²) in [5, 5.41) is 3.10. The molecular formula is C16H27ClN2O. The van der Waals surface area contributed by atoms with Gasteiger partial charge in [0.2, 0.25) is 5.91 Å². The average molecular weight is 299 g/mol. The van der Waals surface area contributed by atoms with Crippen LogP contribution >= 0.6 is 12.4 Å². The molecule has 0 aliphatic heterocycles. The quantitative estimate of drug-likeness (QED) is 0.813. The second-order valence-corrected chi connectivity index (χ2v) is 5.23. The lowest BCUT2D eigenvalue weighted by molar-refractivity contribution is -0.123. The second-order valence-electron chi connectivity index (χ2n) is 5.23. The molecule has 0 aliphatic carbocycles. The zero-order valence-corrected chi connectivity index (χ0v) is 13.6. The van der Waals surface area contributed by atoms with Crippen molar-refractivity contribution in [3.63, 3.8) is 0 Å². The Morgan fingerprint density at radius 1 is 1.30 bits per heavy atom. The van der Waals surface area contributed by atoms with Gasteiger partial charge in [0.15, 0.2) is 0 Å². The molecular weight excluding hydrogens is 272 g/mol. The summed E-state index contributed by atoms with van der Waals surface area (Å²) in [6.45, 7) is 6.70. The third-order valence-corrected chi connectivity index (χ3v) is 3.87. The van der Waals surface area contributed by atoms with Gasteiger partial charge in [-0.25, -0.2) is 0 Å². The lowest BCUT2D eigenvalue weighted by Crippen LogP contribution is -2.52. The molecule has 1 rings (SSSR count). The number of nitrogens with one attached hydrogen (secondary N) is 1. The number of nitrogens with two attached hydrogens (primary N) is 1. The summed E-state index contributed by atoms with van der Waals surface area (Å²) in [4.78, 5) is 12.0. The minimum Gasteiger partial charge on any atom is -0.349 e. The van der Waals surface area contributed by atoms with E-state index in [4.69, 9.17) is 5.73 Å². The molecule has 0 bridgehead atoms. The molecule has 1 amide bonds. The van der Waals surface area contributed by atoms with Gasteiger partial charge in [0.05, 0.1) is 5.54 Å². The molecule has 0 saturated heterocycles. The fraction of sp³-hybridized carbons (Fsp3) is 0.562. The molecule has 0 saturated carbocycles. The van der Waals surface area contributed by atoms with Crippen LogP contribution in [0, 0.1) is 6.92 Å². The van der Waals surface area contributed by atoms with Gasteiger partial charge in [0.1, 0.15) is 0 Å². The highest BCUT2D eigenvalue weighted by molar-refractivity contribution is 5.85. The van der Waals surface area contributed by atoms with Gasteiger partial charge in [-0.15, -0.1) is 12.4 Å². The van der Waals surface area contributed by atoms with Gasteiger partial charge >= 0.3 is 0 Å². The van der Waals surface area contributed by atoms with Crippen LogP contribution in [0.1, 0.15) is 44.2 Å². The lowest BCUT2D eigenvalue weighted by Gasteiger charge is -2.31.